The summed E-state index contributed by atoms with van der Waals surface area (Å²) in [7, 11) is -7.00. The van der Waals surface area contributed by atoms with E-state index in [0.717, 1.165) is 0 Å². The van der Waals surface area contributed by atoms with Crippen molar-refractivity contribution in [2.24, 2.45) is 47.3 Å². The zero-order valence-corrected chi connectivity index (χ0v) is 16.5. The van der Waals surface area contributed by atoms with E-state index < -0.39 is 90.9 Å². The maximum Gasteiger partial charge on any atom is 0.317 e. The van der Waals surface area contributed by atoms with Crippen LogP contribution in [0.2, 0.25) is 0 Å². The molecule has 29 heavy (non-hydrogen) atoms. The van der Waals surface area contributed by atoms with Crippen LogP contribution in [0.3, 0.4) is 0 Å². The Morgan fingerprint density at radius 3 is 1.14 bits per heavy atom. The summed E-state index contributed by atoms with van der Waals surface area (Å²) >= 11 is 0. The van der Waals surface area contributed by atoms with Crippen molar-refractivity contribution in [3.63, 3.8) is 0 Å². The molecule has 13 heteroatoms. The quantitative estimate of drug-likeness (QED) is 0.358. The topological polar surface area (TPSA) is 186 Å². The van der Waals surface area contributed by atoms with Gasteiger partial charge in [0.1, 0.15) is 0 Å². The highest BCUT2D eigenvalue weighted by atomic mass is 32.2. The SMILES string of the molecule is O=C(O)C1C2CS(=O)(=O)CC2C1C(=O)OC(=O)C1C2CS(=O)(=O)CC2C1C(=O)O. The molecule has 0 amide bonds. The van der Waals surface area contributed by atoms with Crippen LogP contribution in [0.15, 0.2) is 0 Å². The van der Waals surface area contributed by atoms with Gasteiger partial charge in [0.25, 0.3) is 0 Å². The number of hydrogen-bond donors (Lipinski definition) is 2. The number of carboxylic acid groups (broad SMARTS) is 2. The number of carbonyl (C=O) groups excluding carboxylic acids is 2. The molecule has 8 unspecified atom stereocenters. The lowest BCUT2D eigenvalue weighted by Crippen LogP contribution is -2.57. The van der Waals surface area contributed by atoms with Crippen molar-refractivity contribution in [1.82, 2.24) is 0 Å². The Labute approximate surface area is 165 Å². The molecule has 2 saturated carbocycles. The zero-order valence-electron chi connectivity index (χ0n) is 14.8. The standard InChI is InChI=1S/C16H18O11S2/c17-13(18)9-5-1-28(23,24)3-7(5)11(9)15(21)27-16(22)12-8-4-29(25,26)2-6(8)10(12)14(19)20/h5-12H,1-4H2,(H,17,18)(H,19,20). The first-order valence-corrected chi connectivity index (χ1v) is 12.6. The number of aliphatic carboxylic acids is 2. The first-order valence-electron chi connectivity index (χ1n) is 8.95. The van der Waals surface area contributed by atoms with E-state index in [9.17, 15) is 46.2 Å². The van der Waals surface area contributed by atoms with E-state index >= 15 is 0 Å². The molecule has 0 aromatic heterocycles. The van der Waals surface area contributed by atoms with E-state index in [2.05, 4.69) is 0 Å². The minimum Gasteiger partial charge on any atom is -0.481 e. The van der Waals surface area contributed by atoms with Crippen LogP contribution in [0.1, 0.15) is 0 Å². The van der Waals surface area contributed by atoms with Crippen molar-refractivity contribution < 1.29 is 51.0 Å². The number of fused-ring (bicyclic) bond motifs is 2. The fraction of sp³-hybridized carbons (Fsp3) is 0.750. The molecule has 4 rings (SSSR count). The molecule has 0 aromatic rings. The zero-order chi connectivity index (χ0) is 21.5. The molecular weight excluding hydrogens is 432 g/mol. The molecule has 4 aliphatic rings. The van der Waals surface area contributed by atoms with Crippen LogP contribution in [-0.2, 0) is 43.6 Å². The Kier molecular flexibility index (Phi) is 4.36. The van der Waals surface area contributed by atoms with Gasteiger partial charge in [-0.15, -0.1) is 0 Å². The molecule has 0 radical (unpaired) electrons. The minimum absolute atomic E-state index is 0.350. The third-order valence-electron chi connectivity index (χ3n) is 6.82. The lowest BCUT2D eigenvalue weighted by atomic mass is 9.57. The Morgan fingerprint density at radius 1 is 0.586 bits per heavy atom. The van der Waals surface area contributed by atoms with E-state index in [4.69, 9.17) is 4.74 Å². The van der Waals surface area contributed by atoms with Crippen LogP contribution in [0.4, 0.5) is 0 Å². The van der Waals surface area contributed by atoms with Gasteiger partial charge in [-0.3, -0.25) is 19.2 Å². The molecule has 11 nitrogen and oxygen atoms in total. The van der Waals surface area contributed by atoms with Crippen LogP contribution in [0.25, 0.3) is 0 Å². The highest BCUT2D eigenvalue weighted by Gasteiger charge is 2.66. The predicted octanol–water partition coefficient (Wildman–Crippen LogP) is -1.96. The average molecular weight is 450 g/mol. The fourth-order valence-electron chi connectivity index (χ4n) is 5.61. The summed E-state index contributed by atoms with van der Waals surface area (Å²) in [6.45, 7) is 0. The Hall–Kier alpha value is -2.02. The molecule has 4 fully saturated rings. The number of sulfone groups is 2. The van der Waals surface area contributed by atoms with Gasteiger partial charge in [0, 0.05) is 0 Å². The van der Waals surface area contributed by atoms with E-state index in [1.54, 1.807) is 0 Å². The first-order chi connectivity index (χ1) is 13.3. The highest BCUT2D eigenvalue weighted by molar-refractivity contribution is 7.91. The van der Waals surface area contributed by atoms with E-state index in [1.165, 1.54) is 0 Å². The molecule has 8 atom stereocenters. The summed E-state index contributed by atoms with van der Waals surface area (Å²) in [5.41, 5.74) is 0. The number of carbonyl (C=O) groups is 4. The third-order valence-corrected chi connectivity index (χ3v) is 10.4. The lowest BCUT2D eigenvalue weighted by molar-refractivity contribution is -0.189. The third kappa shape index (κ3) is 3.05. The van der Waals surface area contributed by atoms with Crippen LogP contribution in [0, 0.1) is 47.3 Å². The molecule has 0 aromatic carbocycles. The van der Waals surface area contributed by atoms with Gasteiger partial charge in [-0.05, 0) is 23.7 Å². The molecule has 0 spiro atoms. The monoisotopic (exact) mass is 450 g/mol. The Balaban J connectivity index is 1.50. The predicted molar refractivity (Wildman–Crippen MR) is 91.6 cm³/mol. The van der Waals surface area contributed by atoms with Gasteiger partial charge in [-0.25, -0.2) is 16.8 Å². The molecular formula is C16H18O11S2. The maximum absolute atomic E-state index is 12.5. The normalized spacial score (nSPS) is 43.2. The molecule has 160 valence electrons. The molecule has 2 saturated heterocycles. The van der Waals surface area contributed by atoms with Gasteiger partial charge in [0.15, 0.2) is 19.7 Å². The number of rotatable bonds is 4. The summed E-state index contributed by atoms with van der Waals surface area (Å²) in [4.78, 5) is 47.9. The molecule has 2 aliphatic heterocycles. The highest BCUT2D eigenvalue weighted by Crippen LogP contribution is 2.54. The van der Waals surface area contributed by atoms with Gasteiger partial charge >= 0.3 is 23.9 Å². The van der Waals surface area contributed by atoms with Crippen LogP contribution in [-0.4, -0.2) is 73.9 Å². The average Bonchev–Trinajstić information content (AvgIpc) is 2.94. The van der Waals surface area contributed by atoms with Crippen LogP contribution in [0.5, 0.6) is 0 Å². The van der Waals surface area contributed by atoms with Crippen molar-refractivity contribution in [3.8, 4) is 0 Å². The molecule has 2 heterocycles. The Bertz CT molecular complexity index is 945. The summed E-state index contributed by atoms with van der Waals surface area (Å²) in [5.74, 6) is -14.8. The van der Waals surface area contributed by atoms with E-state index in [-0.39, 0.29) is 23.0 Å². The smallest absolute Gasteiger partial charge is 0.317 e. The summed E-state index contributed by atoms with van der Waals surface area (Å²) in [6, 6.07) is 0. The summed E-state index contributed by atoms with van der Waals surface area (Å²) in [5, 5.41) is 18.7. The second-order valence-electron chi connectivity index (χ2n) is 8.33. The Morgan fingerprint density at radius 2 is 0.862 bits per heavy atom. The second-order valence-corrected chi connectivity index (χ2v) is 12.6. The summed E-state index contributed by atoms with van der Waals surface area (Å²) < 4.78 is 51.9. The molecule has 2 N–H and O–H groups in total. The number of hydrogen-bond acceptors (Lipinski definition) is 9. The minimum atomic E-state index is -3.50. The van der Waals surface area contributed by atoms with Crippen molar-refractivity contribution in [2.75, 3.05) is 23.0 Å². The number of esters is 2. The van der Waals surface area contributed by atoms with Crippen LogP contribution < -0.4 is 0 Å². The number of ether oxygens (including phenoxy) is 1. The van der Waals surface area contributed by atoms with E-state index in [1.807, 2.05) is 0 Å². The lowest BCUT2D eigenvalue weighted by Gasteiger charge is -2.45. The number of carboxylic acids is 2. The molecule has 0 bridgehead atoms. The van der Waals surface area contributed by atoms with Gasteiger partial charge in [-0.1, -0.05) is 0 Å². The van der Waals surface area contributed by atoms with Gasteiger partial charge in [0.05, 0.1) is 46.7 Å². The first kappa shape index (κ1) is 20.3. The second kappa shape index (κ2) is 6.24. The summed E-state index contributed by atoms with van der Waals surface area (Å²) in [6.07, 6.45) is 0. The van der Waals surface area contributed by atoms with Crippen molar-refractivity contribution in [2.45, 2.75) is 0 Å². The van der Waals surface area contributed by atoms with Gasteiger partial charge in [0.2, 0.25) is 0 Å². The molecule has 2 aliphatic carbocycles. The van der Waals surface area contributed by atoms with Gasteiger partial charge < -0.3 is 14.9 Å². The largest absolute Gasteiger partial charge is 0.481 e. The van der Waals surface area contributed by atoms with Crippen molar-refractivity contribution in [3.05, 3.63) is 0 Å². The van der Waals surface area contributed by atoms with Gasteiger partial charge in [-0.2, -0.15) is 0 Å². The maximum atomic E-state index is 12.5. The van der Waals surface area contributed by atoms with Crippen molar-refractivity contribution >= 4 is 43.6 Å². The van der Waals surface area contributed by atoms with Crippen molar-refractivity contribution in [1.29, 1.82) is 0 Å². The fourth-order valence-corrected chi connectivity index (χ4v) is 10.0. The van der Waals surface area contributed by atoms with E-state index in [0.29, 0.717) is 0 Å². The van der Waals surface area contributed by atoms with Crippen LogP contribution >= 0.6 is 0 Å².